The van der Waals surface area contributed by atoms with Crippen LogP contribution in [0.2, 0.25) is 0 Å². The van der Waals surface area contributed by atoms with E-state index >= 15 is 0 Å². The highest BCUT2D eigenvalue weighted by Crippen LogP contribution is 2.25. The van der Waals surface area contributed by atoms with Crippen LogP contribution in [0.1, 0.15) is 28.9 Å². The minimum absolute atomic E-state index is 0.0365. The standard InChI is InChI=1S/C25H28N6O2/c32-24(20-16-31(17-20)23-4-2-12-27-29-23)28-21-7-5-18(6-8-21)15-19-9-13-30(14-10-19)25(33)22-3-1-11-26-22/h1-8,11-12,19-20,26H,9-10,13-17H2,(H,28,32). The van der Waals surface area contributed by atoms with E-state index in [1.165, 1.54) is 5.56 Å². The third-order valence-corrected chi connectivity index (χ3v) is 6.61. The molecule has 0 bridgehead atoms. The number of piperidine rings is 1. The number of hydrogen-bond acceptors (Lipinski definition) is 5. The second-order valence-corrected chi connectivity index (χ2v) is 8.89. The minimum atomic E-state index is -0.0365. The summed E-state index contributed by atoms with van der Waals surface area (Å²) in [6, 6.07) is 15.6. The molecule has 2 N–H and O–H groups in total. The fourth-order valence-electron chi connectivity index (χ4n) is 4.57. The number of nitrogens with zero attached hydrogens (tertiary/aromatic N) is 4. The van der Waals surface area contributed by atoms with Gasteiger partial charge in [-0.2, -0.15) is 5.10 Å². The van der Waals surface area contributed by atoms with E-state index in [-0.39, 0.29) is 17.7 Å². The zero-order chi connectivity index (χ0) is 22.6. The summed E-state index contributed by atoms with van der Waals surface area (Å²) in [6.07, 6.45) is 6.44. The Morgan fingerprint density at radius 2 is 1.82 bits per heavy atom. The van der Waals surface area contributed by atoms with Gasteiger partial charge in [0.15, 0.2) is 5.82 Å². The van der Waals surface area contributed by atoms with Crippen molar-refractivity contribution >= 4 is 23.3 Å². The number of hydrogen-bond donors (Lipinski definition) is 2. The van der Waals surface area contributed by atoms with Crippen molar-refractivity contribution in [3.05, 3.63) is 72.2 Å². The monoisotopic (exact) mass is 444 g/mol. The SMILES string of the molecule is O=C(Nc1ccc(CC2CCN(C(=O)c3ccc[nH]3)CC2)cc1)C1CN(c2cccnn2)C1. The molecule has 2 fully saturated rings. The molecule has 2 amide bonds. The summed E-state index contributed by atoms with van der Waals surface area (Å²) in [5, 5.41) is 11.0. The van der Waals surface area contributed by atoms with Crippen molar-refractivity contribution in [3.8, 4) is 0 Å². The highest BCUT2D eigenvalue weighted by Gasteiger charge is 2.33. The lowest BCUT2D eigenvalue weighted by Crippen LogP contribution is -2.52. The molecule has 2 aromatic heterocycles. The summed E-state index contributed by atoms with van der Waals surface area (Å²) in [4.78, 5) is 32.0. The lowest BCUT2D eigenvalue weighted by molar-refractivity contribution is -0.120. The zero-order valence-corrected chi connectivity index (χ0v) is 18.5. The second kappa shape index (κ2) is 9.44. The van der Waals surface area contributed by atoms with Crippen molar-refractivity contribution < 1.29 is 9.59 Å². The predicted octanol–water partition coefficient (Wildman–Crippen LogP) is 2.97. The van der Waals surface area contributed by atoms with E-state index < -0.39 is 0 Å². The van der Waals surface area contributed by atoms with Gasteiger partial charge in [-0.05, 0) is 67.1 Å². The first kappa shape index (κ1) is 21.2. The molecule has 0 unspecified atom stereocenters. The average Bonchev–Trinajstić information content (AvgIpc) is 3.35. The quantitative estimate of drug-likeness (QED) is 0.610. The number of aromatic amines is 1. The summed E-state index contributed by atoms with van der Waals surface area (Å²) in [5.74, 6) is 1.47. The van der Waals surface area contributed by atoms with Gasteiger partial charge >= 0.3 is 0 Å². The van der Waals surface area contributed by atoms with Crippen molar-refractivity contribution in [2.24, 2.45) is 11.8 Å². The van der Waals surface area contributed by atoms with Gasteiger partial charge in [0.05, 0.1) is 5.92 Å². The highest BCUT2D eigenvalue weighted by atomic mass is 16.2. The number of likely N-dealkylation sites (tertiary alicyclic amines) is 1. The number of rotatable bonds is 6. The molecule has 33 heavy (non-hydrogen) atoms. The Kier molecular flexibility index (Phi) is 6.06. The molecule has 4 heterocycles. The van der Waals surface area contributed by atoms with Crippen molar-refractivity contribution in [3.63, 3.8) is 0 Å². The number of benzene rings is 1. The summed E-state index contributed by atoms with van der Waals surface area (Å²) in [6.45, 7) is 2.91. The van der Waals surface area contributed by atoms with Crippen molar-refractivity contribution in [1.82, 2.24) is 20.1 Å². The van der Waals surface area contributed by atoms with Gasteiger partial charge in [-0.15, -0.1) is 5.10 Å². The molecule has 0 saturated carbocycles. The molecule has 170 valence electrons. The number of nitrogens with one attached hydrogen (secondary N) is 2. The van der Waals surface area contributed by atoms with Gasteiger partial charge in [0.1, 0.15) is 5.69 Å². The van der Waals surface area contributed by atoms with Crippen LogP contribution in [0.15, 0.2) is 60.9 Å². The van der Waals surface area contributed by atoms with Gasteiger partial charge in [0.2, 0.25) is 5.91 Å². The first-order valence-electron chi connectivity index (χ1n) is 11.5. The first-order valence-corrected chi connectivity index (χ1v) is 11.5. The topological polar surface area (TPSA) is 94.2 Å². The molecule has 2 aliphatic heterocycles. The maximum atomic E-state index is 12.5. The Morgan fingerprint density at radius 3 is 2.48 bits per heavy atom. The lowest BCUT2D eigenvalue weighted by Gasteiger charge is -2.38. The van der Waals surface area contributed by atoms with Crippen LogP contribution in [0, 0.1) is 11.8 Å². The fraction of sp³-hybridized carbons (Fsp3) is 0.360. The van der Waals surface area contributed by atoms with Crippen LogP contribution in [0.25, 0.3) is 0 Å². The average molecular weight is 445 g/mol. The largest absolute Gasteiger partial charge is 0.357 e. The Balaban J connectivity index is 1.06. The molecule has 0 radical (unpaired) electrons. The van der Waals surface area contributed by atoms with Crippen LogP contribution in [-0.4, -0.2) is 58.1 Å². The Bertz CT molecular complexity index is 1070. The molecule has 0 atom stereocenters. The van der Waals surface area contributed by atoms with Crippen LogP contribution in [-0.2, 0) is 11.2 Å². The van der Waals surface area contributed by atoms with E-state index in [0.717, 1.165) is 43.9 Å². The van der Waals surface area contributed by atoms with E-state index in [0.29, 0.717) is 24.7 Å². The summed E-state index contributed by atoms with van der Waals surface area (Å²) < 4.78 is 0. The molecule has 8 nitrogen and oxygen atoms in total. The number of H-pyrrole nitrogens is 1. The zero-order valence-electron chi connectivity index (χ0n) is 18.5. The van der Waals surface area contributed by atoms with Crippen molar-refractivity contribution in [2.45, 2.75) is 19.3 Å². The predicted molar refractivity (Wildman–Crippen MR) is 126 cm³/mol. The van der Waals surface area contributed by atoms with Crippen LogP contribution in [0.5, 0.6) is 0 Å². The van der Waals surface area contributed by atoms with Gasteiger partial charge in [0, 0.05) is 44.3 Å². The highest BCUT2D eigenvalue weighted by molar-refractivity contribution is 5.94. The van der Waals surface area contributed by atoms with E-state index in [9.17, 15) is 9.59 Å². The van der Waals surface area contributed by atoms with Gasteiger partial charge < -0.3 is 20.1 Å². The normalized spacial score (nSPS) is 17.0. The second-order valence-electron chi connectivity index (χ2n) is 8.89. The van der Waals surface area contributed by atoms with Crippen molar-refractivity contribution in [1.29, 1.82) is 0 Å². The molecule has 5 rings (SSSR count). The van der Waals surface area contributed by atoms with Crippen LogP contribution in [0.3, 0.4) is 0 Å². The number of anilines is 2. The molecule has 2 saturated heterocycles. The molecule has 3 aromatic rings. The number of amides is 2. The molecular weight excluding hydrogens is 416 g/mol. The van der Waals surface area contributed by atoms with Gasteiger partial charge in [0.25, 0.3) is 5.91 Å². The molecular formula is C25H28N6O2. The molecule has 8 heteroatoms. The van der Waals surface area contributed by atoms with E-state index in [2.05, 4.69) is 37.5 Å². The molecule has 0 aliphatic carbocycles. The van der Waals surface area contributed by atoms with E-state index in [1.807, 2.05) is 41.3 Å². The summed E-state index contributed by atoms with van der Waals surface area (Å²) in [7, 11) is 0. The van der Waals surface area contributed by atoms with Crippen molar-refractivity contribution in [2.75, 3.05) is 36.4 Å². The van der Waals surface area contributed by atoms with Gasteiger partial charge in [-0.3, -0.25) is 9.59 Å². The maximum absolute atomic E-state index is 12.5. The first-order chi connectivity index (χ1) is 16.2. The third kappa shape index (κ3) is 4.89. The molecule has 0 spiro atoms. The number of aromatic nitrogens is 3. The fourth-order valence-corrected chi connectivity index (χ4v) is 4.57. The number of carbonyl (C=O) groups is 2. The van der Waals surface area contributed by atoms with Gasteiger partial charge in [-0.1, -0.05) is 12.1 Å². The van der Waals surface area contributed by atoms with E-state index in [1.54, 1.807) is 12.4 Å². The van der Waals surface area contributed by atoms with E-state index in [4.69, 9.17) is 0 Å². The lowest BCUT2D eigenvalue weighted by atomic mass is 9.90. The van der Waals surface area contributed by atoms with Crippen LogP contribution < -0.4 is 10.2 Å². The Morgan fingerprint density at radius 1 is 1.03 bits per heavy atom. The Labute approximate surface area is 193 Å². The summed E-state index contributed by atoms with van der Waals surface area (Å²) in [5.41, 5.74) is 2.75. The molecule has 1 aromatic carbocycles. The smallest absolute Gasteiger partial charge is 0.270 e. The van der Waals surface area contributed by atoms with Gasteiger partial charge in [-0.25, -0.2) is 0 Å². The van der Waals surface area contributed by atoms with Crippen LogP contribution >= 0.6 is 0 Å². The summed E-state index contributed by atoms with van der Waals surface area (Å²) >= 11 is 0. The third-order valence-electron chi connectivity index (χ3n) is 6.61. The molecule has 2 aliphatic rings. The Hall–Kier alpha value is -3.68. The number of carbonyl (C=O) groups excluding carboxylic acids is 2. The maximum Gasteiger partial charge on any atom is 0.270 e. The minimum Gasteiger partial charge on any atom is -0.357 e. The van der Waals surface area contributed by atoms with Crippen LogP contribution in [0.4, 0.5) is 11.5 Å².